The number of pyridine rings is 1. The third-order valence-electron chi connectivity index (χ3n) is 3.95. The average molecular weight is 283 g/mol. The maximum atomic E-state index is 6.12. The monoisotopic (exact) mass is 283 g/mol. The largest absolute Gasteiger partial charge is 0.397 e. The van der Waals surface area contributed by atoms with Crippen molar-refractivity contribution in [2.24, 2.45) is 0 Å². The molecule has 2 N–H and O–H groups in total. The van der Waals surface area contributed by atoms with Gasteiger partial charge < -0.3 is 10.5 Å². The quantitative estimate of drug-likeness (QED) is 0.940. The summed E-state index contributed by atoms with van der Waals surface area (Å²) >= 11 is 0. The number of ether oxygens (including phenoxy) is 1. The van der Waals surface area contributed by atoms with Crippen LogP contribution in [0.3, 0.4) is 0 Å². The number of anilines is 1. The zero-order valence-electron chi connectivity index (χ0n) is 12.4. The molecule has 0 amide bonds. The highest BCUT2D eigenvalue weighted by Gasteiger charge is 2.11. The van der Waals surface area contributed by atoms with Crippen LogP contribution in [0.25, 0.3) is 11.3 Å². The minimum Gasteiger partial charge on any atom is -0.397 e. The van der Waals surface area contributed by atoms with Gasteiger partial charge in [-0.25, -0.2) is 0 Å². The number of aromatic nitrogens is 1. The Balaban J connectivity index is 1.75. The number of hydrogen-bond donors (Lipinski definition) is 1. The van der Waals surface area contributed by atoms with Crippen molar-refractivity contribution in [3.05, 3.63) is 47.7 Å². The number of rotatable bonds is 3. The maximum absolute atomic E-state index is 6.12. The molecule has 0 radical (unpaired) electrons. The molecule has 1 aromatic heterocycles. The van der Waals surface area contributed by atoms with Crippen molar-refractivity contribution >= 4 is 5.69 Å². The number of benzene rings is 1. The highest BCUT2D eigenvalue weighted by atomic mass is 16.5. The summed E-state index contributed by atoms with van der Waals surface area (Å²) < 4.78 is 5.37. The van der Waals surface area contributed by atoms with Crippen molar-refractivity contribution in [1.29, 1.82) is 0 Å². The summed E-state index contributed by atoms with van der Waals surface area (Å²) in [5, 5.41) is 0. The molecule has 2 heterocycles. The Bertz CT molecular complexity index is 604. The van der Waals surface area contributed by atoms with Crippen LogP contribution in [-0.2, 0) is 11.3 Å². The van der Waals surface area contributed by atoms with Crippen molar-refractivity contribution < 1.29 is 4.74 Å². The smallest absolute Gasteiger partial charge is 0.0933 e. The van der Waals surface area contributed by atoms with Crippen LogP contribution in [-0.4, -0.2) is 36.2 Å². The Morgan fingerprint density at radius 2 is 1.86 bits per heavy atom. The second-order valence-electron chi connectivity index (χ2n) is 5.48. The molecule has 2 aromatic rings. The van der Waals surface area contributed by atoms with Gasteiger partial charge in [0.2, 0.25) is 0 Å². The second kappa shape index (κ2) is 6.24. The fraction of sp³-hybridized carbons (Fsp3) is 0.353. The number of hydrogen-bond acceptors (Lipinski definition) is 4. The highest BCUT2D eigenvalue weighted by molar-refractivity contribution is 5.74. The fourth-order valence-corrected chi connectivity index (χ4v) is 2.59. The van der Waals surface area contributed by atoms with Gasteiger partial charge in [0.15, 0.2) is 0 Å². The zero-order valence-corrected chi connectivity index (χ0v) is 12.4. The minimum absolute atomic E-state index is 0.762. The number of nitrogens with two attached hydrogens (primary N) is 1. The average Bonchev–Trinajstić information content (AvgIpc) is 2.52. The first kappa shape index (κ1) is 14.0. The number of nitrogens with zero attached hydrogens (tertiary/aromatic N) is 2. The van der Waals surface area contributed by atoms with Gasteiger partial charge in [-0.1, -0.05) is 24.3 Å². The summed E-state index contributed by atoms with van der Waals surface area (Å²) in [7, 11) is 0. The van der Waals surface area contributed by atoms with Gasteiger partial charge in [0.05, 0.1) is 24.6 Å². The molecule has 1 aliphatic heterocycles. The van der Waals surface area contributed by atoms with Gasteiger partial charge in [0, 0.05) is 31.4 Å². The Morgan fingerprint density at radius 3 is 2.57 bits per heavy atom. The lowest BCUT2D eigenvalue weighted by atomic mass is 10.0. The fourth-order valence-electron chi connectivity index (χ4n) is 2.59. The standard InChI is InChI=1S/C17H21N3O/c1-13-6-7-19-17(16(13)18)15-4-2-14(3-5-15)12-20-8-10-21-11-9-20/h2-7H,8-12,18H2,1H3. The molecule has 0 unspecified atom stereocenters. The highest BCUT2D eigenvalue weighted by Crippen LogP contribution is 2.26. The summed E-state index contributed by atoms with van der Waals surface area (Å²) in [5.41, 5.74) is 11.2. The summed E-state index contributed by atoms with van der Waals surface area (Å²) in [4.78, 5) is 6.82. The molecule has 0 bridgehead atoms. The Hall–Kier alpha value is -1.91. The van der Waals surface area contributed by atoms with E-state index in [0.717, 1.165) is 55.4 Å². The van der Waals surface area contributed by atoms with Crippen molar-refractivity contribution in [3.8, 4) is 11.3 Å². The van der Waals surface area contributed by atoms with Crippen molar-refractivity contribution in [1.82, 2.24) is 9.88 Å². The van der Waals surface area contributed by atoms with Gasteiger partial charge in [0.25, 0.3) is 0 Å². The number of nitrogen functional groups attached to an aromatic ring is 1. The molecule has 0 saturated carbocycles. The minimum atomic E-state index is 0.762. The normalized spacial score (nSPS) is 16.0. The van der Waals surface area contributed by atoms with E-state index in [1.54, 1.807) is 0 Å². The zero-order chi connectivity index (χ0) is 14.7. The van der Waals surface area contributed by atoms with Crippen LogP contribution in [0.15, 0.2) is 36.5 Å². The van der Waals surface area contributed by atoms with Crippen LogP contribution in [0.4, 0.5) is 5.69 Å². The lowest BCUT2D eigenvalue weighted by Crippen LogP contribution is -2.35. The van der Waals surface area contributed by atoms with Gasteiger partial charge in [-0.15, -0.1) is 0 Å². The van der Waals surface area contributed by atoms with E-state index in [1.807, 2.05) is 19.2 Å². The van der Waals surface area contributed by atoms with E-state index in [1.165, 1.54) is 5.56 Å². The van der Waals surface area contributed by atoms with Gasteiger partial charge in [0.1, 0.15) is 0 Å². The van der Waals surface area contributed by atoms with Crippen LogP contribution in [0.5, 0.6) is 0 Å². The lowest BCUT2D eigenvalue weighted by molar-refractivity contribution is 0.0342. The molecule has 4 nitrogen and oxygen atoms in total. The van der Waals surface area contributed by atoms with Crippen LogP contribution in [0, 0.1) is 6.92 Å². The molecule has 4 heteroatoms. The molecule has 0 spiro atoms. The number of aryl methyl sites for hydroxylation is 1. The first-order valence-corrected chi connectivity index (χ1v) is 7.34. The van der Waals surface area contributed by atoms with Gasteiger partial charge in [-0.05, 0) is 24.1 Å². The summed E-state index contributed by atoms with van der Waals surface area (Å²) in [6, 6.07) is 10.5. The molecular formula is C17H21N3O. The van der Waals surface area contributed by atoms with E-state index in [9.17, 15) is 0 Å². The SMILES string of the molecule is Cc1ccnc(-c2ccc(CN3CCOCC3)cc2)c1N. The van der Waals surface area contributed by atoms with Gasteiger partial charge in [-0.2, -0.15) is 0 Å². The van der Waals surface area contributed by atoms with E-state index < -0.39 is 0 Å². The molecule has 21 heavy (non-hydrogen) atoms. The first-order valence-electron chi connectivity index (χ1n) is 7.34. The first-order chi connectivity index (χ1) is 10.2. The van der Waals surface area contributed by atoms with Gasteiger partial charge >= 0.3 is 0 Å². The van der Waals surface area contributed by atoms with Crippen molar-refractivity contribution in [2.45, 2.75) is 13.5 Å². The third kappa shape index (κ3) is 3.23. The van der Waals surface area contributed by atoms with Crippen molar-refractivity contribution in [3.63, 3.8) is 0 Å². The van der Waals surface area contributed by atoms with Crippen LogP contribution < -0.4 is 5.73 Å². The van der Waals surface area contributed by atoms with E-state index in [4.69, 9.17) is 10.5 Å². The molecule has 110 valence electrons. The topological polar surface area (TPSA) is 51.4 Å². The molecule has 0 aliphatic carbocycles. The molecule has 1 saturated heterocycles. The van der Waals surface area contributed by atoms with E-state index >= 15 is 0 Å². The molecule has 1 fully saturated rings. The van der Waals surface area contributed by atoms with Crippen LogP contribution >= 0.6 is 0 Å². The van der Waals surface area contributed by atoms with E-state index in [0.29, 0.717) is 0 Å². The van der Waals surface area contributed by atoms with Gasteiger partial charge in [-0.3, -0.25) is 9.88 Å². The third-order valence-corrected chi connectivity index (χ3v) is 3.95. The predicted molar refractivity (Wildman–Crippen MR) is 84.9 cm³/mol. The second-order valence-corrected chi connectivity index (χ2v) is 5.48. The molecule has 1 aromatic carbocycles. The number of morpholine rings is 1. The van der Waals surface area contributed by atoms with Crippen LogP contribution in [0.2, 0.25) is 0 Å². The summed E-state index contributed by atoms with van der Waals surface area (Å²) in [6.07, 6.45) is 1.81. The van der Waals surface area contributed by atoms with Crippen molar-refractivity contribution in [2.75, 3.05) is 32.0 Å². The lowest BCUT2D eigenvalue weighted by Gasteiger charge is -2.26. The summed E-state index contributed by atoms with van der Waals surface area (Å²) in [6.45, 7) is 6.67. The Kier molecular flexibility index (Phi) is 4.18. The molecular weight excluding hydrogens is 262 g/mol. The summed E-state index contributed by atoms with van der Waals surface area (Å²) in [5.74, 6) is 0. The van der Waals surface area contributed by atoms with Crippen LogP contribution in [0.1, 0.15) is 11.1 Å². The Morgan fingerprint density at radius 1 is 1.14 bits per heavy atom. The molecule has 1 aliphatic rings. The molecule has 0 atom stereocenters. The maximum Gasteiger partial charge on any atom is 0.0933 e. The van der Waals surface area contributed by atoms with E-state index in [2.05, 4.69) is 34.1 Å². The Labute approximate surface area is 125 Å². The van der Waals surface area contributed by atoms with E-state index in [-0.39, 0.29) is 0 Å². The predicted octanol–water partition coefficient (Wildman–Crippen LogP) is 2.47. The molecule has 3 rings (SSSR count).